The molecule has 3 aromatic rings. The van der Waals surface area contributed by atoms with Gasteiger partial charge in [-0.3, -0.25) is 9.10 Å². The van der Waals surface area contributed by atoms with Gasteiger partial charge in [-0.05, 0) is 42.5 Å². The van der Waals surface area contributed by atoms with Crippen LogP contribution in [0, 0.1) is 0 Å². The zero-order chi connectivity index (χ0) is 24.0. The Balaban J connectivity index is 2.03. The zero-order valence-corrected chi connectivity index (χ0v) is 19.4. The van der Waals surface area contributed by atoms with Gasteiger partial charge in [0.15, 0.2) is 0 Å². The Morgan fingerprint density at radius 3 is 2.30 bits per heavy atom. The van der Waals surface area contributed by atoms with E-state index in [1.165, 1.54) is 50.6 Å². The standard InChI is InChI=1S/C23H21ClN2O6S/c1-31-21-13-12-16(24)14-20(21)26(33(29,30)17-8-4-3-5-9-17)15-22(27)25-19-11-7-6-10-18(19)23(28)32-2/h3-14H,15H2,1-2H3,(H,25,27). The van der Waals surface area contributed by atoms with Crippen LogP contribution in [0.1, 0.15) is 10.4 Å². The van der Waals surface area contributed by atoms with Crippen LogP contribution >= 0.6 is 11.6 Å². The number of esters is 1. The molecule has 0 aliphatic carbocycles. The molecule has 0 atom stereocenters. The van der Waals surface area contributed by atoms with E-state index in [9.17, 15) is 18.0 Å². The molecule has 3 rings (SSSR count). The lowest BCUT2D eigenvalue weighted by Crippen LogP contribution is -2.38. The molecule has 0 spiro atoms. The van der Waals surface area contributed by atoms with Crippen LogP contribution in [0.25, 0.3) is 0 Å². The van der Waals surface area contributed by atoms with Gasteiger partial charge in [0, 0.05) is 5.02 Å². The van der Waals surface area contributed by atoms with E-state index < -0.39 is 28.4 Å². The Morgan fingerprint density at radius 2 is 1.64 bits per heavy atom. The van der Waals surface area contributed by atoms with E-state index in [2.05, 4.69) is 5.32 Å². The summed E-state index contributed by atoms with van der Waals surface area (Å²) >= 11 is 6.12. The van der Waals surface area contributed by atoms with Crippen LogP contribution in [0.3, 0.4) is 0 Å². The highest BCUT2D eigenvalue weighted by Crippen LogP contribution is 2.34. The Bertz CT molecular complexity index is 1260. The molecular weight excluding hydrogens is 468 g/mol. The zero-order valence-electron chi connectivity index (χ0n) is 17.8. The van der Waals surface area contributed by atoms with Crippen LogP contribution in [0.15, 0.2) is 77.7 Å². The molecular formula is C23H21ClN2O6S. The van der Waals surface area contributed by atoms with Crippen molar-refractivity contribution < 1.29 is 27.5 Å². The average Bonchev–Trinajstić information content (AvgIpc) is 2.82. The molecule has 0 aliphatic heterocycles. The van der Waals surface area contributed by atoms with E-state index in [4.69, 9.17) is 21.1 Å². The molecule has 0 aromatic heterocycles. The number of halogens is 1. The van der Waals surface area contributed by atoms with Gasteiger partial charge in [0.05, 0.1) is 36.1 Å². The highest BCUT2D eigenvalue weighted by atomic mass is 35.5. The molecule has 0 saturated carbocycles. The quantitative estimate of drug-likeness (QED) is 0.481. The number of benzene rings is 3. The molecule has 0 saturated heterocycles. The van der Waals surface area contributed by atoms with E-state index in [1.807, 2.05) is 0 Å². The van der Waals surface area contributed by atoms with Crippen LogP contribution in [-0.4, -0.2) is 41.1 Å². The third-order valence-electron chi connectivity index (χ3n) is 4.63. The van der Waals surface area contributed by atoms with Gasteiger partial charge in [0.2, 0.25) is 5.91 Å². The van der Waals surface area contributed by atoms with Gasteiger partial charge in [0.1, 0.15) is 12.3 Å². The van der Waals surface area contributed by atoms with Crippen molar-refractivity contribution in [2.45, 2.75) is 4.90 Å². The van der Waals surface area contributed by atoms with Crippen molar-refractivity contribution >= 4 is 44.9 Å². The van der Waals surface area contributed by atoms with Crippen molar-refractivity contribution in [3.05, 3.63) is 83.4 Å². The summed E-state index contributed by atoms with van der Waals surface area (Å²) in [6.07, 6.45) is 0. The SMILES string of the molecule is COC(=O)c1ccccc1NC(=O)CN(c1cc(Cl)ccc1OC)S(=O)(=O)c1ccccc1. The first-order chi connectivity index (χ1) is 15.8. The van der Waals surface area contributed by atoms with E-state index in [-0.39, 0.29) is 32.6 Å². The number of ether oxygens (including phenoxy) is 2. The van der Waals surface area contributed by atoms with Gasteiger partial charge in [-0.15, -0.1) is 0 Å². The number of sulfonamides is 1. The number of carbonyl (C=O) groups is 2. The number of para-hydroxylation sites is 1. The van der Waals surface area contributed by atoms with Crippen molar-refractivity contribution in [3.63, 3.8) is 0 Å². The summed E-state index contributed by atoms with van der Waals surface area (Å²) in [5.74, 6) is -1.12. The van der Waals surface area contributed by atoms with Crippen molar-refractivity contribution in [2.75, 3.05) is 30.4 Å². The summed E-state index contributed by atoms with van der Waals surface area (Å²) in [7, 11) is -1.58. The van der Waals surface area contributed by atoms with Gasteiger partial charge >= 0.3 is 5.97 Å². The van der Waals surface area contributed by atoms with Crippen molar-refractivity contribution in [1.82, 2.24) is 0 Å². The minimum absolute atomic E-state index is 0.0187. The largest absolute Gasteiger partial charge is 0.495 e. The maximum absolute atomic E-state index is 13.5. The molecule has 0 unspecified atom stereocenters. The Kier molecular flexibility index (Phi) is 7.57. The third kappa shape index (κ3) is 5.44. The third-order valence-corrected chi connectivity index (χ3v) is 6.64. The molecule has 172 valence electrons. The fourth-order valence-electron chi connectivity index (χ4n) is 3.08. The minimum atomic E-state index is -4.18. The molecule has 0 radical (unpaired) electrons. The molecule has 1 amide bonds. The molecule has 8 nitrogen and oxygen atoms in total. The van der Waals surface area contributed by atoms with E-state index in [0.29, 0.717) is 0 Å². The molecule has 1 N–H and O–H groups in total. The molecule has 0 heterocycles. The Morgan fingerprint density at radius 1 is 0.970 bits per heavy atom. The number of nitrogens with one attached hydrogen (secondary N) is 1. The summed E-state index contributed by atoms with van der Waals surface area (Å²) in [6.45, 7) is -0.608. The fraction of sp³-hybridized carbons (Fsp3) is 0.130. The lowest BCUT2D eigenvalue weighted by Gasteiger charge is -2.26. The lowest BCUT2D eigenvalue weighted by molar-refractivity contribution is -0.114. The fourth-order valence-corrected chi connectivity index (χ4v) is 4.69. The predicted octanol–water partition coefficient (Wildman–Crippen LogP) is 3.97. The Labute approximate surface area is 196 Å². The van der Waals surface area contributed by atoms with Gasteiger partial charge in [-0.1, -0.05) is 41.9 Å². The van der Waals surface area contributed by atoms with Crippen molar-refractivity contribution in [3.8, 4) is 5.75 Å². The van der Waals surface area contributed by atoms with Crippen molar-refractivity contribution in [1.29, 1.82) is 0 Å². The molecule has 0 bridgehead atoms. The molecule has 0 aliphatic rings. The summed E-state index contributed by atoms with van der Waals surface area (Å²) in [5, 5.41) is 2.84. The topological polar surface area (TPSA) is 102 Å². The number of carbonyl (C=O) groups excluding carboxylic acids is 2. The van der Waals surface area contributed by atoms with Crippen LogP contribution in [0.5, 0.6) is 5.75 Å². The first-order valence-electron chi connectivity index (χ1n) is 9.66. The van der Waals surface area contributed by atoms with Crippen molar-refractivity contribution in [2.24, 2.45) is 0 Å². The average molecular weight is 489 g/mol. The highest BCUT2D eigenvalue weighted by Gasteiger charge is 2.30. The predicted molar refractivity (Wildman–Crippen MR) is 125 cm³/mol. The van der Waals surface area contributed by atoms with Crippen LogP contribution in [0.2, 0.25) is 5.02 Å². The summed E-state index contributed by atoms with van der Waals surface area (Å²) in [5.41, 5.74) is 0.404. The van der Waals surface area contributed by atoms with Crippen LogP contribution in [-0.2, 0) is 19.6 Å². The number of rotatable bonds is 8. The van der Waals surface area contributed by atoms with E-state index in [0.717, 1.165) is 4.31 Å². The second kappa shape index (κ2) is 10.4. The minimum Gasteiger partial charge on any atom is -0.495 e. The lowest BCUT2D eigenvalue weighted by atomic mass is 10.2. The molecule has 33 heavy (non-hydrogen) atoms. The van der Waals surface area contributed by atoms with Gasteiger partial charge in [-0.25, -0.2) is 13.2 Å². The van der Waals surface area contributed by atoms with Crippen LogP contribution < -0.4 is 14.4 Å². The van der Waals surface area contributed by atoms with Gasteiger partial charge < -0.3 is 14.8 Å². The van der Waals surface area contributed by atoms with E-state index >= 15 is 0 Å². The number of amides is 1. The smallest absolute Gasteiger partial charge is 0.339 e. The maximum Gasteiger partial charge on any atom is 0.339 e. The number of hydrogen-bond acceptors (Lipinski definition) is 6. The summed E-state index contributed by atoms with van der Waals surface area (Å²) in [4.78, 5) is 25.0. The Hall–Kier alpha value is -3.56. The maximum atomic E-state index is 13.5. The van der Waals surface area contributed by atoms with Crippen LogP contribution in [0.4, 0.5) is 11.4 Å². The normalized spacial score (nSPS) is 10.9. The highest BCUT2D eigenvalue weighted by molar-refractivity contribution is 7.92. The second-order valence-corrected chi connectivity index (χ2v) is 9.02. The van der Waals surface area contributed by atoms with Gasteiger partial charge in [0.25, 0.3) is 10.0 Å². The number of methoxy groups -OCH3 is 2. The van der Waals surface area contributed by atoms with E-state index in [1.54, 1.807) is 36.4 Å². The monoisotopic (exact) mass is 488 g/mol. The van der Waals surface area contributed by atoms with Gasteiger partial charge in [-0.2, -0.15) is 0 Å². The number of anilines is 2. The second-order valence-electron chi connectivity index (χ2n) is 6.73. The summed E-state index contributed by atoms with van der Waals surface area (Å²) in [6, 6.07) is 18.4. The molecule has 0 fully saturated rings. The first-order valence-corrected chi connectivity index (χ1v) is 11.5. The molecule has 3 aromatic carbocycles. The summed E-state index contributed by atoms with van der Waals surface area (Å²) < 4.78 is 38.0. The first kappa shape index (κ1) is 24.1. The molecule has 10 heteroatoms. The number of nitrogens with zero attached hydrogens (tertiary/aromatic N) is 1. The number of hydrogen-bond donors (Lipinski definition) is 1.